The maximum absolute atomic E-state index is 13.3. The molecule has 1 saturated heterocycles. The smallest absolute Gasteiger partial charge is 0.416 e. The van der Waals surface area contributed by atoms with E-state index in [0.717, 1.165) is 38.1 Å². The molecule has 1 aromatic heterocycles. The van der Waals surface area contributed by atoms with Crippen LogP contribution in [-0.2, 0) is 12.7 Å². The lowest BCUT2D eigenvalue weighted by atomic mass is 10.1. The summed E-state index contributed by atoms with van der Waals surface area (Å²) in [7, 11) is 0. The Morgan fingerprint density at radius 1 is 1.00 bits per heavy atom. The number of benzene rings is 2. The molecule has 1 aliphatic rings. The third-order valence-electron chi connectivity index (χ3n) is 5.98. The molecule has 0 atom stereocenters. The fourth-order valence-corrected chi connectivity index (χ4v) is 3.97. The average Bonchev–Trinajstić information content (AvgIpc) is 3.42. The van der Waals surface area contributed by atoms with E-state index in [-0.39, 0.29) is 30.3 Å². The van der Waals surface area contributed by atoms with Gasteiger partial charge in [-0.1, -0.05) is 12.1 Å². The fraction of sp³-hybridized carbons (Fsp3) is 0.296. The highest BCUT2D eigenvalue weighted by molar-refractivity contribution is 5.91. The highest BCUT2D eigenvalue weighted by Gasteiger charge is 2.31. The van der Waals surface area contributed by atoms with E-state index in [1.165, 1.54) is 24.4 Å². The normalized spacial score (nSPS) is 13.6. The van der Waals surface area contributed by atoms with Crippen molar-refractivity contribution in [3.8, 4) is 17.2 Å². The van der Waals surface area contributed by atoms with Gasteiger partial charge in [-0.05, 0) is 67.9 Å². The standard InChI is InChI=1S/C27H27F3N4O5/c28-27(29,30)19-5-8-24(38-14-13-34-11-1-2-12-34)22(15-19)33-26(37)32-17-18-3-6-20(7-4-18)39-21-9-10-31-23(16-21)25(35)36/h3-10,15-16H,1-2,11-14,17H2,(H,35,36)(H2,32,33,37). The first-order valence-electron chi connectivity index (χ1n) is 12.2. The number of halogens is 3. The van der Waals surface area contributed by atoms with E-state index < -0.39 is 23.7 Å². The number of urea groups is 1. The molecule has 4 rings (SSSR count). The monoisotopic (exact) mass is 544 g/mol. The Morgan fingerprint density at radius 2 is 1.74 bits per heavy atom. The second-order valence-corrected chi connectivity index (χ2v) is 8.84. The first-order valence-corrected chi connectivity index (χ1v) is 12.2. The Balaban J connectivity index is 1.34. The number of alkyl halides is 3. The number of rotatable bonds is 10. The summed E-state index contributed by atoms with van der Waals surface area (Å²) in [5.74, 6) is -0.287. The largest absolute Gasteiger partial charge is 0.490 e. The number of likely N-dealkylation sites (tertiary alicyclic amines) is 1. The van der Waals surface area contributed by atoms with Crippen molar-refractivity contribution in [3.63, 3.8) is 0 Å². The number of pyridine rings is 1. The zero-order chi connectivity index (χ0) is 27.8. The van der Waals surface area contributed by atoms with E-state index in [0.29, 0.717) is 23.6 Å². The third kappa shape index (κ3) is 8.08. The molecule has 2 aromatic carbocycles. The number of nitrogens with zero attached hydrogens (tertiary/aromatic N) is 2. The van der Waals surface area contributed by atoms with Crippen LogP contribution in [0.4, 0.5) is 23.7 Å². The minimum atomic E-state index is -4.57. The molecular weight excluding hydrogens is 517 g/mol. The Labute approximate surface area is 222 Å². The number of nitrogens with one attached hydrogen (secondary N) is 2. The van der Waals surface area contributed by atoms with Gasteiger partial charge in [0.15, 0.2) is 5.69 Å². The predicted molar refractivity (Wildman–Crippen MR) is 136 cm³/mol. The number of carbonyl (C=O) groups is 2. The first-order chi connectivity index (χ1) is 18.7. The Kier molecular flexibility index (Phi) is 8.87. The molecule has 1 fully saturated rings. The summed E-state index contributed by atoms with van der Waals surface area (Å²) in [6, 6.07) is 11.7. The van der Waals surface area contributed by atoms with Crippen LogP contribution in [0.15, 0.2) is 60.8 Å². The van der Waals surface area contributed by atoms with Gasteiger partial charge in [0.1, 0.15) is 23.9 Å². The van der Waals surface area contributed by atoms with Crippen molar-refractivity contribution in [2.75, 3.05) is 31.6 Å². The van der Waals surface area contributed by atoms with Gasteiger partial charge in [0.25, 0.3) is 0 Å². The first kappa shape index (κ1) is 27.7. The van der Waals surface area contributed by atoms with Gasteiger partial charge in [-0.15, -0.1) is 0 Å². The van der Waals surface area contributed by atoms with Crippen molar-refractivity contribution in [2.45, 2.75) is 25.6 Å². The van der Waals surface area contributed by atoms with E-state index in [2.05, 4.69) is 20.5 Å². The van der Waals surface area contributed by atoms with Gasteiger partial charge >= 0.3 is 18.2 Å². The molecule has 2 heterocycles. The van der Waals surface area contributed by atoms with Gasteiger partial charge in [-0.25, -0.2) is 14.6 Å². The number of carboxylic acids is 1. The van der Waals surface area contributed by atoms with Crippen LogP contribution in [-0.4, -0.2) is 53.2 Å². The number of aromatic nitrogens is 1. The number of ether oxygens (including phenoxy) is 2. The molecule has 0 bridgehead atoms. The molecule has 0 spiro atoms. The Hall–Kier alpha value is -4.32. The van der Waals surface area contributed by atoms with Gasteiger partial charge in [-0.2, -0.15) is 13.2 Å². The molecule has 0 radical (unpaired) electrons. The quantitative estimate of drug-likeness (QED) is 0.314. The highest BCUT2D eigenvalue weighted by Crippen LogP contribution is 2.35. The molecule has 2 amide bonds. The van der Waals surface area contributed by atoms with Crippen LogP contribution in [0, 0.1) is 0 Å². The van der Waals surface area contributed by atoms with Crippen LogP contribution >= 0.6 is 0 Å². The Bertz CT molecular complexity index is 1300. The van der Waals surface area contributed by atoms with Crippen molar-refractivity contribution in [2.24, 2.45) is 0 Å². The van der Waals surface area contributed by atoms with Gasteiger partial charge in [0.2, 0.25) is 0 Å². The van der Waals surface area contributed by atoms with Crippen molar-refractivity contribution in [1.29, 1.82) is 0 Å². The van der Waals surface area contributed by atoms with Crippen LogP contribution in [0.2, 0.25) is 0 Å². The van der Waals surface area contributed by atoms with Gasteiger partial charge in [0.05, 0.1) is 11.3 Å². The van der Waals surface area contributed by atoms with Crippen LogP contribution in [0.1, 0.15) is 34.5 Å². The van der Waals surface area contributed by atoms with Gasteiger partial charge < -0.3 is 25.2 Å². The molecule has 0 aliphatic carbocycles. The molecule has 3 aromatic rings. The summed E-state index contributed by atoms with van der Waals surface area (Å²) in [6.45, 7) is 2.95. The van der Waals surface area contributed by atoms with Crippen LogP contribution in [0.5, 0.6) is 17.2 Å². The summed E-state index contributed by atoms with van der Waals surface area (Å²) in [5.41, 5.74) is -0.430. The number of anilines is 1. The summed E-state index contributed by atoms with van der Waals surface area (Å²) in [4.78, 5) is 29.5. The van der Waals surface area contributed by atoms with Gasteiger partial charge in [0, 0.05) is 25.4 Å². The van der Waals surface area contributed by atoms with E-state index in [1.54, 1.807) is 24.3 Å². The van der Waals surface area contributed by atoms with Crippen LogP contribution in [0.25, 0.3) is 0 Å². The van der Waals surface area contributed by atoms with Gasteiger partial charge in [-0.3, -0.25) is 4.90 Å². The highest BCUT2D eigenvalue weighted by atomic mass is 19.4. The van der Waals surface area contributed by atoms with E-state index in [1.807, 2.05) is 0 Å². The van der Waals surface area contributed by atoms with E-state index in [9.17, 15) is 22.8 Å². The number of hydrogen-bond donors (Lipinski definition) is 3. The predicted octanol–water partition coefficient (Wildman–Crippen LogP) is 5.39. The zero-order valence-corrected chi connectivity index (χ0v) is 20.8. The number of amides is 2. The molecule has 9 nitrogen and oxygen atoms in total. The molecule has 0 unspecified atom stereocenters. The SMILES string of the molecule is O=C(NCc1ccc(Oc2ccnc(C(=O)O)c2)cc1)Nc1cc(C(F)(F)F)ccc1OCCN1CCCC1. The molecule has 1 aliphatic heterocycles. The zero-order valence-electron chi connectivity index (χ0n) is 20.8. The van der Waals surface area contributed by atoms with Crippen molar-refractivity contribution >= 4 is 17.7 Å². The number of carbonyl (C=O) groups excluding carboxylic acids is 1. The van der Waals surface area contributed by atoms with Crippen LogP contribution < -0.4 is 20.1 Å². The number of carboxylic acid groups (broad SMARTS) is 1. The molecular formula is C27H27F3N4O5. The molecule has 0 saturated carbocycles. The second kappa shape index (κ2) is 12.5. The molecule has 3 N–H and O–H groups in total. The minimum Gasteiger partial charge on any atom is -0.490 e. The molecule has 39 heavy (non-hydrogen) atoms. The second-order valence-electron chi connectivity index (χ2n) is 8.84. The third-order valence-corrected chi connectivity index (χ3v) is 5.98. The summed E-state index contributed by atoms with van der Waals surface area (Å²) < 4.78 is 51.2. The maximum atomic E-state index is 13.3. The lowest BCUT2D eigenvalue weighted by Gasteiger charge is -2.18. The lowest BCUT2D eigenvalue weighted by molar-refractivity contribution is -0.137. The Morgan fingerprint density at radius 3 is 2.44 bits per heavy atom. The summed E-state index contributed by atoms with van der Waals surface area (Å²) in [5, 5.41) is 14.1. The van der Waals surface area contributed by atoms with Crippen molar-refractivity contribution in [3.05, 3.63) is 77.6 Å². The summed E-state index contributed by atoms with van der Waals surface area (Å²) in [6.07, 6.45) is -1.02. The topological polar surface area (TPSA) is 113 Å². The maximum Gasteiger partial charge on any atom is 0.416 e. The van der Waals surface area contributed by atoms with Crippen molar-refractivity contribution < 1.29 is 37.3 Å². The van der Waals surface area contributed by atoms with E-state index >= 15 is 0 Å². The minimum absolute atomic E-state index is 0.0782. The van der Waals surface area contributed by atoms with E-state index in [4.69, 9.17) is 14.6 Å². The summed E-state index contributed by atoms with van der Waals surface area (Å²) >= 11 is 0. The number of aromatic carboxylic acids is 1. The average molecular weight is 545 g/mol. The molecule has 206 valence electrons. The number of hydrogen-bond acceptors (Lipinski definition) is 6. The lowest BCUT2D eigenvalue weighted by Crippen LogP contribution is -2.29. The van der Waals surface area contributed by atoms with Crippen molar-refractivity contribution in [1.82, 2.24) is 15.2 Å². The van der Waals surface area contributed by atoms with Crippen LogP contribution in [0.3, 0.4) is 0 Å². The fourth-order valence-electron chi connectivity index (χ4n) is 3.97. The molecule has 12 heteroatoms.